The lowest BCUT2D eigenvalue weighted by atomic mass is 10.1. The number of rotatable bonds is 7. The first-order chi connectivity index (χ1) is 13.1. The highest BCUT2D eigenvalue weighted by Crippen LogP contribution is 2.27. The van der Waals surface area contributed by atoms with Gasteiger partial charge in [0.05, 0.1) is 12.5 Å². The van der Waals surface area contributed by atoms with Crippen LogP contribution in [0.15, 0.2) is 48.5 Å². The van der Waals surface area contributed by atoms with Crippen LogP contribution in [0.2, 0.25) is 0 Å². The molecule has 5 heteroatoms. The molecule has 1 atom stereocenters. The smallest absolute Gasteiger partial charge is 0.227 e. The minimum absolute atomic E-state index is 0.0217. The van der Waals surface area contributed by atoms with Crippen molar-refractivity contribution in [2.45, 2.75) is 33.2 Å². The van der Waals surface area contributed by atoms with E-state index >= 15 is 0 Å². The lowest BCUT2D eigenvalue weighted by Gasteiger charge is -2.17. The van der Waals surface area contributed by atoms with E-state index in [9.17, 15) is 9.59 Å². The highest BCUT2D eigenvalue weighted by Gasteiger charge is 2.34. The van der Waals surface area contributed by atoms with Crippen molar-refractivity contribution in [2.24, 2.45) is 5.92 Å². The molecule has 0 spiro atoms. The quantitative estimate of drug-likeness (QED) is 0.818. The predicted octanol–water partition coefficient (Wildman–Crippen LogP) is 3.32. The average Bonchev–Trinajstić information content (AvgIpc) is 3.09. The van der Waals surface area contributed by atoms with Gasteiger partial charge in [-0.3, -0.25) is 9.59 Å². The SMILES string of the molecule is CCOc1ccc(N2C[C@H](C(=O)NCc3ccc(CC)cc3)CC2=O)cc1. The van der Waals surface area contributed by atoms with Crippen LogP contribution in [0.25, 0.3) is 0 Å². The van der Waals surface area contributed by atoms with Gasteiger partial charge in [-0.05, 0) is 48.7 Å². The van der Waals surface area contributed by atoms with E-state index in [1.807, 2.05) is 43.3 Å². The van der Waals surface area contributed by atoms with Crippen LogP contribution >= 0.6 is 0 Å². The summed E-state index contributed by atoms with van der Waals surface area (Å²) < 4.78 is 5.43. The van der Waals surface area contributed by atoms with Crippen LogP contribution in [0.1, 0.15) is 31.4 Å². The van der Waals surface area contributed by atoms with Crippen molar-refractivity contribution in [3.8, 4) is 5.75 Å². The van der Waals surface area contributed by atoms with Crippen molar-refractivity contribution in [1.29, 1.82) is 0 Å². The molecule has 2 aromatic rings. The molecular formula is C22H26N2O3. The Morgan fingerprint density at radius 2 is 1.74 bits per heavy atom. The number of anilines is 1. The van der Waals surface area contributed by atoms with Crippen LogP contribution < -0.4 is 15.0 Å². The highest BCUT2D eigenvalue weighted by atomic mass is 16.5. The fourth-order valence-corrected chi connectivity index (χ4v) is 3.25. The molecule has 0 unspecified atom stereocenters. The fraction of sp³-hybridized carbons (Fsp3) is 0.364. The standard InChI is InChI=1S/C22H26N2O3/c1-3-16-5-7-17(8-6-16)14-23-22(26)18-13-21(25)24(15-18)19-9-11-20(12-10-19)27-4-2/h5-12,18H,3-4,13-15H2,1-2H3,(H,23,26)/t18-/m1/s1. The summed E-state index contributed by atoms with van der Waals surface area (Å²) in [6.45, 7) is 5.54. The van der Waals surface area contributed by atoms with Gasteiger partial charge in [0.1, 0.15) is 5.75 Å². The minimum atomic E-state index is -0.320. The van der Waals surface area contributed by atoms with Gasteiger partial charge in [0, 0.05) is 25.2 Å². The lowest BCUT2D eigenvalue weighted by molar-refractivity contribution is -0.126. The largest absolute Gasteiger partial charge is 0.494 e. The van der Waals surface area contributed by atoms with Gasteiger partial charge in [0.15, 0.2) is 0 Å². The normalized spacial score (nSPS) is 16.4. The maximum Gasteiger partial charge on any atom is 0.227 e. The molecule has 0 bridgehead atoms. The van der Waals surface area contributed by atoms with E-state index in [2.05, 4.69) is 24.4 Å². The van der Waals surface area contributed by atoms with E-state index < -0.39 is 0 Å². The number of nitrogens with one attached hydrogen (secondary N) is 1. The maximum absolute atomic E-state index is 12.5. The summed E-state index contributed by atoms with van der Waals surface area (Å²) in [5.74, 6) is 0.359. The third-order valence-electron chi connectivity index (χ3n) is 4.85. The fourth-order valence-electron chi connectivity index (χ4n) is 3.25. The Bertz CT molecular complexity index is 784. The second-order valence-electron chi connectivity index (χ2n) is 6.72. The number of ether oxygens (including phenoxy) is 1. The summed E-state index contributed by atoms with van der Waals surface area (Å²) in [5, 5.41) is 2.96. The number of nitrogens with zero attached hydrogens (tertiary/aromatic N) is 1. The van der Waals surface area contributed by atoms with Crippen LogP contribution in [0.3, 0.4) is 0 Å². The summed E-state index contributed by atoms with van der Waals surface area (Å²) in [4.78, 5) is 26.5. The number of aryl methyl sites for hydroxylation is 1. The van der Waals surface area contributed by atoms with Gasteiger partial charge in [-0.2, -0.15) is 0 Å². The molecular weight excluding hydrogens is 340 g/mol. The van der Waals surface area contributed by atoms with Crippen LogP contribution in [0.4, 0.5) is 5.69 Å². The summed E-state index contributed by atoms with van der Waals surface area (Å²) in [6.07, 6.45) is 1.24. The molecule has 1 aliphatic heterocycles. The molecule has 27 heavy (non-hydrogen) atoms. The van der Waals surface area contributed by atoms with Gasteiger partial charge in [-0.1, -0.05) is 31.2 Å². The molecule has 5 nitrogen and oxygen atoms in total. The Morgan fingerprint density at radius 3 is 2.37 bits per heavy atom. The predicted molar refractivity (Wildman–Crippen MR) is 106 cm³/mol. The van der Waals surface area contributed by atoms with E-state index in [-0.39, 0.29) is 24.2 Å². The molecule has 1 heterocycles. The van der Waals surface area contributed by atoms with E-state index in [4.69, 9.17) is 4.74 Å². The molecule has 2 amide bonds. The Kier molecular flexibility index (Phi) is 6.12. The zero-order valence-corrected chi connectivity index (χ0v) is 15.9. The van der Waals surface area contributed by atoms with Crippen molar-refractivity contribution in [1.82, 2.24) is 5.32 Å². The van der Waals surface area contributed by atoms with Crippen LogP contribution in [-0.2, 0) is 22.6 Å². The van der Waals surface area contributed by atoms with Gasteiger partial charge >= 0.3 is 0 Å². The van der Waals surface area contributed by atoms with E-state index in [1.54, 1.807) is 4.90 Å². The monoisotopic (exact) mass is 366 g/mol. The molecule has 2 aromatic carbocycles. The van der Waals surface area contributed by atoms with Crippen LogP contribution in [0, 0.1) is 5.92 Å². The second kappa shape index (κ2) is 8.71. The van der Waals surface area contributed by atoms with Crippen molar-refractivity contribution in [3.05, 3.63) is 59.7 Å². The molecule has 1 saturated heterocycles. The third kappa shape index (κ3) is 4.67. The zero-order valence-electron chi connectivity index (χ0n) is 15.9. The molecule has 0 saturated carbocycles. The van der Waals surface area contributed by atoms with E-state index in [0.29, 0.717) is 19.7 Å². The van der Waals surface area contributed by atoms with Gasteiger partial charge < -0.3 is 15.0 Å². The molecule has 1 fully saturated rings. The Balaban J connectivity index is 1.56. The number of hydrogen-bond donors (Lipinski definition) is 1. The molecule has 142 valence electrons. The molecule has 1 N–H and O–H groups in total. The van der Waals surface area contributed by atoms with Gasteiger partial charge in [0.25, 0.3) is 0 Å². The number of carbonyl (C=O) groups is 2. The van der Waals surface area contributed by atoms with Gasteiger partial charge in [-0.25, -0.2) is 0 Å². The van der Waals surface area contributed by atoms with Crippen LogP contribution in [-0.4, -0.2) is 25.0 Å². The van der Waals surface area contributed by atoms with E-state index in [0.717, 1.165) is 23.4 Å². The Hall–Kier alpha value is -2.82. The molecule has 3 rings (SSSR count). The molecule has 0 aliphatic carbocycles. The number of hydrogen-bond acceptors (Lipinski definition) is 3. The van der Waals surface area contributed by atoms with E-state index in [1.165, 1.54) is 5.56 Å². The second-order valence-corrected chi connectivity index (χ2v) is 6.72. The number of carbonyl (C=O) groups excluding carboxylic acids is 2. The van der Waals surface area contributed by atoms with Crippen molar-refractivity contribution in [3.63, 3.8) is 0 Å². The molecule has 1 aliphatic rings. The summed E-state index contributed by atoms with van der Waals surface area (Å²) in [5.41, 5.74) is 3.14. The first-order valence-electron chi connectivity index (χ1n) is 9.49. The van der Waals surface area contributed by atoms with Gasteiger partial charge in [0.2, 0.25) is 11.8 Å². The van der Waals surface area contributed by atoms with Crippen molar-refractivity contribution in [2.75, 3.05) is 18.1 Å². The number of amides is 2. The van der Waals surface area contributed by atoms with Gasteiger partial charge in [-0.15, -0.1) is 0 Å². The first kappa shape index (κ1) is 19.0. The topological polar surface area (TPSA) is 58.6 Å². The summed E-state index contributed by atoms with van der Waals surface area (Å²) in [6, 6.07) is 15.6. The van der Waals surface area contributed by atoms with Crippen LogP contribution in [0.5, 0.6) is 5.75 Å². The average molecular weight is 366 g/mol. The summed E-state index contributed by atoms with van der Waals surface area (Å²) in [7, 11) is 0. The van der Waals surface area contributed by atoms with Crippen molar-refractivity contribution < 1.29 is 14.3 Å². The zero-order chi connectivity index (χ0) is 19.2. The minimum Gasteiger partial charge on any atom is -0.494 e. The first-order valence-corrected chi connectivity index (χ1v) is 9.49. The lowest BCUT2D eigenvalue weighted by Crippen LogP contribution is -2.32. The van der Waals surface area contributed by atoms with Crippen molar-refractivity contribution >= 4 is 17.5 Å². The number of benzene rings is 2. The Labute approximate surface area is 160 Å². The molecule has 0 aromatic heterocycles. The summed E-state index contributed by atoms with van der Waals surface area (Å²) >= 11 is 0. The molecule has 0 radical (unpaired) electrons. The maximum atomic E-state index is 12.5. The third-order valence-corrected chi connectivity index (χ3v) is 4.85. The highest BCUT2D eigenvalue weighted by molar-refractivity contribution is 6.00. The Morgan fingerprint density at radius 1 is 1.07 bits per heavy atom.